The Morgan fingerprint density at radius 3 is 2.55 bits per heavy atom. The van der Waals surface area contributed by atoms with Gasteiger partial charge in [0, 0.05) is 19.3 Å². The van der Waals surface area contributed by atoms with Gasteiger partial charge >= 0.3 is 0 Å². The Hall–Kier alpha value is -1.50. The summed E-state index contributed by atoms with van der Waals surface area (Å²) in [5.74, 6) is -1.86. The Labute approximate surface area is 135 Å². The highest BCUT2D eigenvalue weighted by molar-refractivity contribution is 6.39. The van der Waals surface area contributed by atoms with Crippen molar-refractivity contribution in [2.45, 2.75) is 11.2 Å². The van der Waals surface area contributed by atoms with Crippen LogP contribution in [0, 0.1) is 5.82 Å². The number of halogens is 4. The van der Waals surface area contributed by atoms with Crippen molar-refractivity contribution in [2.75, 3.05) is 14.2 Å². The standard InChI is InChI=1S/C14H12Cl2F2O4/c1-20-10-4-3-7(5-8(10)17)22-12-9(19)6-11(15)14(16,21-2)13(12)18/h3-6,13,19H,1-2H3. The molecule has 0 aliphatic heterocycles. The lowest BCUT2D eigenvalue weighted by Gasteiger charge is -2.32. The van der Waals surface area contributed by atoms with E-state index in [1.807, 2.05) is 0 Å². The molecule has 0 fully saturated rings. The monoisotopic (exact) mass is 352 g/mol. The minimum absolute atomic E-state index is 0.00230. The lowest BCUT2D eigenvalue weighted by molar-refractivity contribution is 0.0235. The minimum Gasteiger partial charge on any atom is -0.504 e. The van der Waals surface area contributed by atoms with Crippen LogP contribution in [0.3, 0.4) is 0 Å². The average Bonchev–Trinajstić information content (AvgIpc) is 2.49. The predicted octanol–water partition coefficient (Wildman–Crippen LogP) is 4.04. The number of aliphatic hydroxyl groups excluding tert-OH is 1. The molecule has 1 aromatic carbocycles. The third-order valence-corrected chi connectivity index (χ3v) is 4.08. The van der Waals surface area contributed by atoms with E-state index >= 15 is 0 Å². The second-order valence-corrected chi connectivity index (χ2v) is 5.32. The first-order valence-corrected chi connectivity index (χ1v) is 6.79. The van der Waals surface area contributed by atoms with Crippen LogP contribution < -0.4 is 9.47 Å². The van der Waals surface area contributed by atoms with Crippen molar-refractivity contribution in [3.63, 3.8) is 0 Å². The maximum absolute atomic E-state index is 14.5. The van der Waals surface area contributed by atoms with Crippen LogP contribution in [0.4, 0.5) is 8.78 Å². The molecular formula is C14H12Cl2F2O4. The fraction of sp³-hybridized carbons (Fsp3) is 0.286. The zero-order valence-electron chi connectivity index (χ0n) is 11.6. The number of hydrogen-bond acceptors (Lipinski definition) is 4. The molecule has 0 aromatic heterocycles. The second-order valence-electron chi connectivity index (χ2n) is 4.35. The molecule has 2 rings (SSSR count). The van der Waals surface area contributed by atoms with Gasteiger partial charge in [0.05, 0.1) is 12.1 Å². The van der Waals surface area contributed by atoms with Crippen LogP contribution >= 0.6 is 23.2 Å². The van der Waals surface area contributed by atoms with Gasteiger partial charge in [-0.2, -0.15) is 0 Å². The minimum atomic E-state index is -2.10. The lowest BCUT2D eigenvalue weighted by Crippen LogP contribution is -2.41. The molecule has 0 heterocycles. The molecule has 8 heteroatoms. The SMILES string of the molecule is COc1ccc(OC2=C(O)C=C(Cl)C(Cl)(OC)C2F)cc1F. The second kappa shape index (κ2) is 6.32. The Kier molecular flexibility index (Phi) is 4.84. The molecule has 4 nitrogen and oxygen atoms in total. The predicted molar refractivity (Wildman–Crippen MR) is 77.7 cm³/mol. The first kappa shape index (κ1) is 16.9. The van der Waals surface area contributed by atoms with Crippen molar-refractivity contribution in [1.29, 1.82) is 0 Å². The van der Waals surface area contributed by atoms with Crippen LogP contribution in [0.15, 0.2) is 40.8 Å². The number of benzene rings is 1. The van der Waals surface area contributed by atoms with Crippen LogP contribution in [-0.2, 0) is 4.74 Å². The largest absolute Gasteiger partial charge is 0.504 e. The average molecular weight is 353 g/mol. The molecule has 120 valence electrons. The molecule has 1 aromatic rings. The molecule has 2 unspecified atom stereocenters. The molecule has 1 N–H and O–H groups in total. The summed E-state index contributed by atoms with van der Waals surface area (Å²) in [6, 6.07) is 3.62. The molecule has 0 bridgehead atoms. The van der Waals surface area contributed by atoms with E-state index in [-0.39, 0.29) is 16.5 Å². The molecule has 0 radical (unpaired) electrons. The maximum atomic E-state index is 14.5. The molecule has 1 aliphatic rings. The summed E-state index contributed by atoms with van der Waals surface area (Å²) in [4.78, 5) is 0. The molecule has 0 saturated carbocycles. The Bertz CT molecular complexity index is 648. The van der Waals surface area contributed by atoms with Gasteiger partial charge in [0.25, 0.3) is 0 Å². The van der Waals surface area contributed by atoms with Crippen LogP contribution in [0.2, 0.25) is 0 Å². The topological polar surface area (TPSA) is 47.9 Å². The summed E-state index contributed by atoms with van der Waals surface area (Å²) in [6.45, 7) is 0. The quantitative estimate of drug-likeness (QED) is 0.830. The van der Waals surface area contributed by atoms with Gasteiger partial charge in [-0.15, -0.1) is 0 Å². The van der Waals surface area contributed by atoms with Crippen LogP contribution in [0.25, 0.3) is 0 Å². The highest BCUT2D eigenvalue weighted by Crippen LogP contribution is 2.43. The Morgan fingerprint density at radius 1 is 1.32 bits per heavy atom. The third-order valence-electron chi connectivity index (χ3n) is 3.05. The van der Waals surface area contributed by atoms with Gasteiger partial charge in [-0.1, -0.05) is 23.2 Å². The van der Waals surface area contributed by atoms with Crippen LogP contribution in [0.1, 0.15) is 0 Å². The van der Waals surface area contributed by atoms with E-state index in [0.717, 1.165) is 19.3 Å². The van der Waals surface area contributed by atoms with Gasteiger partial charge in [-0.05, 0) is 12.1 Å². The lowest BCUT2D eigenvalue weighted by atomic mass is 10.1. The first-order valence-electron chi connectivity index (χ1n) is 6.03. The highest BCUT2D eigenvalue weighted by Gasteiger charge is 2.48. The molecule has 22 heavy (non-hydrogen) atoms. The Morgan fingerprint density at radius 2 is 2.00 bits per heavy atom. The fourth-order valence-electron chi connectivity index (χ4n) is 1.85. The molecule has 2 atom stereocenters. The zero-order chi connectivity index (χ0) is 16.5. The van der Waals surface area contributed by atoms with E-state index in [1.54, 1.807) is 0 Å². The van der Waals surface area contributed by atoms with Gasteiger partial charge in [-0.3, -0.25) is 0 Å². The molecule has 0 spiro atoms. The van der Waals surface area contributed by atoms with Crippen LogP contribution in [0.5, 0.6) is 11.5 Å². The number of alkyl halides is 2. The van der Waals surface area contributed by atoms with Gasteiger partial charge < -0.3 is 19.3 Å². The summed E-state index contributed by atoms with van der Waals surface area (Å²) >= 11 is 11.7. The molecule has 0 amide bonds. The van der Waals surface area contributed by atoms with Crippen LogP contribution in [-0.4, -0.2) is 30.6 Å². The van der Waals surface area contributed by atoms with Crippen molar-refractivity contribution < 1.29 is 28.1 Å². The fourth-order valence-corrected chi connectivity index (χ4v) is 2.28. The Balaban J connectivity index is 2.35. The summed E-state index contributed by atoms with van der Waals surface area (Å²) < 4.78 is 42.9. The first-order chi connectivity index (χ1) is 10.3. The van der Waals surface area contributed by atoms with Gasteiger partial charge in [0.15, 0.2) is 23.1 Å². The molecule has 0 saturated heterocycles. The summed E-state index contributed by atoms with van der Waals surface area (Å²) in [5, 5.41) is 7.53. The molecule has 1 aliphatic carbocycles. The third kappa shape index (κ3) is 2.86. The number of rotatable bonds is 4. The van der Waals surface area contributed by atoms with Gasteiger partial charge in [0.2, 0.25) is 11.2 Å². The van der Waals surface area contributed by atoms with Crippen molar-refractivity contribution in [3.8, 4) is 11.5 Å². The van der Waals surface area contributed by atoms with Gasteiger partial charge in [-0.25, -0.2) is 8.78 Å². The van der Waals surface area contributed by atoms with Crippen molar-refractivity contribution in [2.24, 2.45) is 0 Å². The highest BCUT2D eigenvalue weighted by atomic mass is 35.5. The number of methoxy groups -OCH3 is 2. The number of hydrogen-bond donors (Lipinski definition) is 1. The van der Waals surface area contributed by atoms with Crippen molar-refractivity contribution in [3.05, 3.63) is 46.6 Å². The van der Waals surface area contributed by atoms with E-state index in [2.05, 4.69) is 0 Å². The number of aliphatic hydroxyl groups is 1. The van der Waals surface area contributed by atoms with E-state index in [4.69, 9.17) is 37.4 Å². The van der Waals surface area contributed by atoms with E-state index < -0.39 is 28.6 Å². The van der Waals surface area contributed by atoms with E-state index in [0.29, 0.717) is 0 Å². The van der Waals surface area contributed by atoms with Crippen molar-refractivity contribution >= 4 is 23.2 Å². The van der Waals surface area contributed by atoms with E-state index in [1.165, 1.54) is 19.2 Å². The summed E-state index contributed by atoms with van der Waals surface area (Å²) in [5.41, 5.74) is 0. The normalized spacial score (nSPS) is 25.0. The smallest absolute Gasteiger partial charge is 0.216 e. The van der Waals surface area contributed by atoms with Crippen molar-refractivity contribution in [1.82, 2.24) is 0 Å². The zero-order valence-corrected chi connectivity index (χ0v) is 13.1. The van der Waals surface area contributed by atoms with Gasteiger partial charge in [0.1, 0.15) is 5.75 Å². The molecular weight excluding hydrogens is 341 g/mol. The number of allylic oxidation sites excluding steroid dienone is 1. The number of ether oxygens (including phenoxy) is 3. The maximum Gasteiger partial charge on any atom is 0.216 e. The summed E-state index contributed by atoms with van der Waals surface area (Å²) in [7, 11) is 2.46. The van der Waals surface area contributed by atoms with E-state index in [9.17, 15) is 13.9 Å². The summed E-state index contributed by atoms with van der Waals surface area (Å²) in [6.07, 6.45) is -1.09.